The highest BCUT2D eigenvalue weighted by Crippen LogP contribution is 2.59. The molecular formula is C13H25O2P. The zero-order chi connectivity index (χ0) is 11.4. The topological polar surface area (TPSA) is 26.3 Å². The summed E-state index contributed by atoms with van der Waals surface area (Å²) in [6, 6.07) is 0. The van der Waals surface area contributed by atoms with Crippen LogP contribution in [-0.2, 0) is 9.09 Å². The van der Waals surface area contributed by atoms with Crippen molar-refractivity contribution in [3.05, 3.63) is 0 Å². The highest BCUT2D eigenvalue weighted by atomic mass is 31.2. The van der Waals surface area contributed by atoms with Gasteiger partial charge in [-0.2, -0.15) is 0 Å². The molecule has 3 heteroatoms. The molecule has 0 heterocycles. The van der Waals surface area contributed by atoms with Crippen molar-refractivity contribution < 1.29 is 9.09 Å². The molecule has 0 radical (unpaired) electrons. The van der Waals surface area contributed by atoms with Crippen LogP contribution < -0.4 is 0 Å². The Bertz CT molecular complexity index is 253. The largest absolute Gasteiger partial charge is 0.325 e. The van der Waals surface area contributed by atoms with Crippen molar-refractivity contribution >= 4 is 7.37 Å². The Balaban J connectivity index is 1.98. The molecule has 0 amide bonds. The first kappa shape index (κ1) is 12.6. The molecule has 0 aliphatic heterocycles. The molecule has 2 saturated carbocycles. The summed E-state index contributed by atoms with van der Waals surface area (Å²) in [5.74, 6) is 0. The second-order valence-corrected chi connectivity index (χ2v) is 8.24. The molecule has 2 fully saturated rings. The van der Waals surface area contributed by atoms with Gasteiger partial charge >= 0.3 is 0 Å². The van der Waals surface area contributed by atoms with Gasteiger partial charge in [-0.25, -0.2) is 0 Å². The van der Waals surface area contributed by atoms with Crippen LogP contribution in [0, 0.1) is 0 Å². The third kappa shape index (κ3) is 2.90. The Morgan fingerprint density at radius 1 is 1.06 bits per heavy atom. The lowest BCUT2D eigenvalue weighted by molar-refractivity contribution is 0.208. The molecule has 0 bridgehead atoms. The van der Waals surface area contributed by atoms with Gasteiger partial charge in [-0.1, -0.05) is 32.6 Å². The van der Waals surface area contributed by atoms with Gasteiger partial charge in [0.05, 0.1) is 6.10 Å². The minimum absolute atomic E-state index is 0.318. The lowest BCUT2D eigenvalue weighted by Crippen LogP contribution is -2.15. The number of rotatable bonds is 5. The first-order valence-corrected chi connectivity index (χ1v) is 8.89. The summed E-state index contributed by atoms with van der Waals surface area (Å²) >= 11 is 0. The molecule has 1 unspecified atom stereocenters. The maximum absolute atomic E-state index is 12.9. The van der Waals surface area contributed by atoms with Crippen molar-refractivity contribution in [2.45, 2.75) is 76.5 Å². The van der Waals surface area contributed by atoms with E-state index >= 15 is 0 Å². The standard InChI is InChI=1S/C13H25O2P/c1-2-11-16(14,13-9-5-6-10-13)15-12-7-3-4-8-12/h12-13H,2-11H2,1H3. The summed E-state index contributed by atoms with van der Waals surface area (Å²) in [6.45, 7) is 2.12. The molecule has 0 aromatic carbocycles. The second-order valence-electron chi connectivity index (χ2n) is 5.40. The quantitative estimate of drug-likeness (QED) is 0.662. The molecule has 2 nitrogen and oxygen atoms in total. The third-order valence-electron chi connectivity index (χ3n) is 4.05. The van der Waals surface area contributed by atoms with Crippen molar-refractivity contribution in [2.75, 3.05) is 6.16 Å². The van der Waals surface area contributed by atoms with E-state index in [4.69, 9.17) is 4.52 Å². The fraction of sp³-hybridized carbons (Fsp3) is 1.00. The monoisotopic (exact) mass is 244 g/mol. The molecule has 0 saturated heterocycles. The van der Waals surface area contributed by atoms with E-state index in [0.29, 0.717) is 11.8 Å². The zero-order valence-electron chi connectivity index (χ0n) is 10.5. The van der Waals surface area contributed by atoms with Gasteiger partial charge in [0.1, 0.15) is 0 Å². The minimum Gasteiger partial charge on any atom is -0.325 e. The zero-order valence-corrected chi connectivity index (χ0v) is 11.4. The average molecular weight is 244 g/mol. The van der Waals surface area contributed by atoms with E-state index in [-0.39, 0.29) is 0 Å². The summed E-state index contributed by atoms with van der Waals surface area (Å²) in [4.78, 5) is 0. The van der Waals surface area contributed by atoms with E-state index in [9.17, 15) is 4.57 Å². The lowest BCUT2D eigenvalue weighted by Gasteiger charge is -2.27. The Hall–Kier alpha value is 0.190. The molecule has 0 aromatic rings. The molecular weight excluding hydrogens is 219 g/mol. The Kier molecular flexibility index (Phi) is 4.49. The molecule has 94 valence electrons. The van der Waals surface area contributed by atoms with E-state index in [0.717, 1.165) is 38.3 Å². The van der Waals surface area contributed by atoms with Crippen LogP contribution in [0.15, 0.2) is 0 Å². The SMILES string of the molecule is CCCP(=O)(OC1CCCC1)C1CCCC1. The van der Waals surface area contributed by atoms with Gasteiger partial charge in [0.25, 0.3) is 0 Å². The smallest absolute Gasteiger partial charge is 0.206 e. The summed E-state index contributed by atoms with van der Waals surface area (Å²) in [5.41, 5.74) is 0.396. The Labute approximate surface area is 99.6 Å². The molecule has 0 spiro atoms. The van der Waals surface area contributed by atoms with E-state index < -0.39 is 7.37 Å². The minimum atomic E-state index is -2.32. The van der Waals surface area contributed by atoms with Crippen LogP contribution in [-0.4, -0.2) is 17.9 Å². The second kappa shape index (κ2) is 5.69. The highest BCUT2D eigenvalue weighted by molar-refractivity contribution is 7.59. The van der Waals surface area contributed by atoms with Gasteiger partial charge in [-0.15, -0.1) is 0 Å². The van der Waals surface area contributed by atoms with Crippen LogP contribution in [0.2, 0.25) is 0 Å². The summed E-state index contributed by atoms with van der Waals surface area (Å²) in [7, 11) is -2.32. The Morgan fingerprint density at radius 3 is 2.19 bits per heavy atom. The first-order valence-electron chi connectivity index (χ1n) is 7.02. The van der Waals surface area contributed by atoms with E-state index in [1.165, 1.54) is 25.7 Å². The van der Waals surface area contributed by atoms with Gasteiger partial charge in [-0.3, -0.25) is 4.57 Å². The van der Waals surface area contributed by atoms with Gasteiger partial charge in [0.2, 0.25) is 7.37 Å². The number of hydrogen-bond acceptors (Lipinski definition) is 2. The fourth-order valence-electron chi connectivity index (χ4n) is 3.18. The maximum Gasteiger partial charge on any atom is 0.206 e. The molecule has 1 atom stereocenters. The van der Waals surface area contributed by atoms with E-state index in [1.54, 1.807) is 0 Å². The maximum atomic E-state index is 12.9. The van der Waals surface area contributed by atoms with Crippen molar-refractivity contribution in [3.63, 3.8) is 0 Å². The molecule has 2 aliphatic rings. The van der Waals surface area contributed by atoms with Gasteiger partial charge in [-0.05, 0) is 32.1 Å². The van der Waals surface area contributed by atoms with Crippen molar-refractivity contribution in [1.29, 1.82) is 0 Å². The van der Waals surface area contributed by atoms with Gasteiger partial charge in [0.15, 0.2) is 0 Å². The molecule has 0 N–H and O–H groups in total. The van der Waals surface area contributed by atoms with Crippen LogP contribution in [0.3, 0.4) is 0 Å². The highest BCUT2D eigenvalue weighted by Gasteiger charge is 2.37. The van der Waals surface area contributed by atoms with Crippen molar-refractivity contribution in [3.8, 4) is 0 Å². The van der Waals surface area contributed by atoms with Crippen LogP contribution in [0.1, 0.15) is 64.7 Å². The molecule has 2 aliphatic carbocycles. The lowest BCUT2D eigenvalue weighted by atomic mass is 10.3. The summed E-state index contributed by atoms with van der Waals surface area (Å²) < 4.78 is 19.0. The van der Waals surface area contributed by atoms with Crippen LogP contribution in [0.5, 0.6) is 0 Å². The predicted molar refractivity (Wildman–Crippen MR) is 68.4 cm³/mol. The summed E-state index contributed by atoms with van der Waals surface area (Å²) in [6.07, 6.45) is 11.7. The van der Waals surface area contributed by atoms with Crippen molar-refractivity contribution in [1.82, 2.24) is 0 Å². The molecule has 16 heavy (non-hydrogen) atoms. The van der Waals surface area contributed by atoms with Gasteiger partial charge < -0.3 is 4.52 Å². The average Bonchev–Trinajstić information content (AvgIpc) is 2.89. The van der Waals surface area contributed by atoms with Crippen LogP contribution >= 0.6 is 7.37 Å². The predicted octanol–water partition coefficient (Wildman–Crippen LogP) is 4.58. The normalized spacial score (nSPS) is 27.3. The fourth-order valence-corrected chi connectivity index (χ4v) is 6.31. The van der Waals surface area contributed by atoms with E-state index in [1.807, 2.05) is 0 Å². The van der Waals surface area contributed by atoms with Crippen LogP contribution in [0.25, 0.3) is 0 Å². The summed E-state index contributed by atoms with van der Waals surface area (Å²) in [5, 5.41) is 0. The number of hydrogen-bond donors (Lipinski definition) is 0. The van der Waals surface area contributed by atoms with Gasteiger partial charge in [0, 0.05) is 11.8 Å². The first-order chi connectivity index (χ1) is 7.74. The third-order valence-corrected chi connectivity index (χ3v) is 7.40. The molecule has 2 rings (SSSR count). The van der Waals surface area contributed by atoms with E-state index in [2.05, 4.69) is 6.92 Å². The molecule has 0 aromatic heterocycles. The van der Waals surface area contributed by atoms with Crippen LogP contribution in [0.4, 0.5) is 0 Å². The van der Waals surface area contributed by atoms with Crippen molar-refractivity contribution in [2.24, 2.45) is 0 Å². The Morgan fingerprint density at radius 2 is 1.62 bits per heavy atom.